The van der Waals surface area contributed by atoms with Gasteiger partial charge in [0.05, 0.1) is 18.1 Å². The van der Waals surface area contributed by atoms with E-state index in [0.29, 0.717) is 11.3 Å². The number of nitrogens with one attached hydrogen (secondary N) is 2. The minimum atomic E-state index is -0.437. The average Bonchev–Trinajstić information content (AvgIpc) is 2.55. The number of ether oxygens (including phenoxy) is 1. The zero-order valence-electron chi connectivity index (χ0n) is 13.5. The molecule has 0 heterocycles. The van der Waals surface area contributed by atoms with E-state index >= 15 is 0 Å². The van der Waals surface area contributed by atoms with Crippen molar-refractivity contribution in [2.45, 2.75) is 26.4 Å². The summed E-state index contributed by atoms with van der Waals surface area (Å²) < 4.78 is 6.38. The van der Waals surface area contributed by atoms with Gasteiger partial charge in [0, 0.05) is 4.47 Å². The largest absolute Gasteiger partial charge is 0.490 e. The van der Waals surface area contributed by atoms with E-state index in [0.717, 1.165) is 10.0 Å². The van der Waals surface area contributed by atoms with Crippen molar-refractivity contribution < 1.29 is 14.3 Å². The van der Waals surface area contributed by atoms with E-state index in [1.165, 1.54) is 0 Å². The molecule has 6 heteroatoms. The summed E-state index contributed by atoms with van der Waals surface area (Å²) >= 11 is 3.33. The molecule has 0 fully saturated rings. The van der Waals surface area contributed by atoms with Gasteiger partial charge in [-0.3, -0.25) is 20.4 Å². The van der Waals surface area contributed by atoms with E-state index in [4.69, 9.17) is 4.74 Å². The van der Waals surface area contributed by atoms with Crippen molar-refractivity contribution in [3.63, 3.8) is 0 Å². The Bertz CT molecular complexity index is 717. The average molecular weight is 391 g/mol. The number of carbonyl (C=O) groups is 2. The van der Waals surface area contributed by atoms with Crippen LogP contribution in [0.4, 0.5) is 0 Å². The third-order valence-electron chi connectivity index (χ3n) is 3.07. The maximum Gasteiger partial charge on any atom is 0.273 e. The highest BCUT2D eigenvalue weighted by molar-refractivity contribution is 9.10. The van der Waals surface area contributed by atoms with Crippen molar-refractivity contribution in [3.05, 3.63) is 64.1 Å². The van der Waals surface area contributed by atoms with Gasteiger partial charge in [0.1, 0.15) is 5.75 Å². The summed E-state index contributed by atoms with van der Waals surface area (Å²) in [7, 11) is 0. The summed E-state index contributed by atoms with van der Waals surface area (Å²) in [5, 5.41) is 0. The summed E-state index contributed by atoms with van der Waals surface area (Å²) in [6.07, 6.45) is 0.125. The zero-order valence-corrected chi connectivity index (χ0v) is 15.1. The van der Waals surface area contributed by atoms with Gasteiger partial charge in [-0.25, -0.2) is 0 Å². The van der Waals surface area contributed by atoms with Crippen LogP contribution in [-0.2, 0) is 11.2 Å². The lowest BCUT2D eigenvalue weighted by Gasteiger charge is -2.15. The monoisotopic (exact) mass is 390 g/mol. The van der Waals surface area contributed by atoms with Crippen LogP contribution in [0.15, 0.2) is 53.0 Å². The summed E-state index contributed by atoms with van der Waals surface area (Å²) in [4.78, 5) is 24.2. The molecule has 2 rings (SSSR count). The SMILES string of the molecule is CC(C)Oc1ccc(Br)cc1C(=O)NNC(=O)Cc1ccccc1. The molecule has 5 nitrogen and oxygen atoms in total. The third-order valence-corrected chi connectivity index (χ3v) is 3.57. The number of benzene rings is 2. The molecule has 0 aliphatic carbocycles. The van der Waals surface area contributed by atoms with E-state index in [9.17, 15) is 9.59 Å². The smallest absolute Gasteiger partial charge is 0.273 e. The molecule has 2 N–H and O–H groups in total. The molecule has 0 aliphatic heterocycles. The Morgan fingerprint density at radius 3 is 2.46 bits per heavy atom. The molecule has 2 amide bonds. The number of hydrogen-bond donors (Lipinski definition) is 2. The highest BCUT2D eigenvalue weighted by Gasteiger charge is 2.15. The van der Waals surface area contributed by atoms with Crippen molar-refractivity contribution in [1.29, 1.82) is 0 Å². The molecule has 24 heavy (non-hydrogen) atoms. The second kappa shape index (κ2) is 8.49. The molecule has 0 saturated carbocycles. The number of carbonyl (C=O) groups excluding carboxylic acids is 2. The topological polar surface area (TPSA) is 67.4 Å². The molecule has 0 bridgehead atoms. The van der Waals surface area contributed by atoms with Crippen LogP contribution in [0.3, 0.4) is 0 Å². The Kier molecular flexibility index (Phi) is 6.37. The highest BCUT2D eigenvalue weighted by atomic mass is 79.9. The molecule has 0 aliphatic rings. The first kappa shape index (κ1) is 18.0. The van der Waals surface area contributed by atoms with E-state index in [2.05, 4.69) is 26.8 Å². The molecule has 126 valence electrons. The highest BCUT2D eigenvalue weighted by Crippen LogP contribution is 2.24. The van der Waals surface area contributed by atoms with Gasteiger partial charge in [-0.2, -0.15) is 0 Å². The predicted octanol–water partition coefficient (Wildman–Crippen LogP) is 3.24. The third kappa shape index (κ3) is 5.38. The van der Waals surface area contributed by atoms with Gasteiger partial charge in [-0.1, -0.05) is 46.3 Å². The van der Waals surface area contributed by atoms with Crippen molar-refractivity contribution >= 4 is 27.7 Å². The molecule has 2 aromatic carbocycles. The van der Waals surface area contributed by atoms with E-state index in [1.54, 1.807) is 18.2 Å². The lowest BCUT2D eigenvalue weighted by molar-refractivity contribution is -0.121. The Hall–Kier alpha value is -2.34. The van der Waals surface area contributed by atoms with Crippen LogP contribution in [-0.4, -0.2) is 17.9 Å². The Morgan fingerprint density at radius 2 is 1.79 bits per heavy atom. The fraction of sp³-hybridized carbons (Fsp3) is 0.222. The zero-order chi connectivity index (χ0) is 17.5. The summed E-state index contributed by atoms with van der Waals surface area (Å²) in [5.41, 5.74) is 6.06. The first-order valence-electron chi connectivity index (χ1n) is 7.55. The number of amides is 2. The maximum atomic E-state index is 12.3. The first-order valence-corrected chi connectivity index (χ1v) is 8.34. The van der Waals surface area contributed by atoms with Gasteiger partial charge >= 0.3 is 0 Å². The van der Waals surface area contributed by atoms with Crippen LogP contribution in [0, 0.1) is 0 Å². The molecule has 0 saturated heterocycles. The van der Waals surface area contributed by atoms with Gasteiger partial charge in [0.2, 0.25) is 5.91 Å². The fourth-order valence-electron chi connectivity index (χ4n) is 2.06. The van der Waals surface area contributed by atoms with Gasteiger partial charge in [0.15, 0.2) is 0 Å². The maximum absolute atomic E-state index is 12.3. The normalized spacial score (nSPS) is 10.3. The van der Waals surface area contributed by atoms with Crippen molar-refractivity contribution in [2.24, 2.45) is 0 Å². The quantitative estimate of drug-likeness (QED) is 0.770. The lowest BCUT2D eigenvalue weighted by atomic mass is 10.1. The van der Waals surface area contributed by atoms with Crippen LogP contribution < -0.4 is 15.6 Å². The molecule has 0 unspecified atom stereocenters. The molecular weight excluding hydrogens is 372 g/mol. The van der Waals surface area contributed by atoms with Gasteiger partial charge < -0.3 is 4.74 Å². The molecule has 0 aromatic heterocycles. The van der Waals surface area contributed by atoms with Crippen molar-refractivity contribution in [2.75, 3.05) is 0 Å². The summed E-state index contributed by atoms with van der Waals surface area (Å²) in [6, 6.07) is 14.5. The van der Waals surface area contributed by atoms with Gasteiger partial charge in [-0.05, 0) is 37.6 Å². The van der Waals surface area contributed by atoms with Crippen LogP contribution >= 0.6 is 15.9 Å². The Labute approximate surface area is 149 Å². The minimum Gasteiger partial charge on any atom is -0.490 e. The Balaban J connectivity index is 1.99. The predicted molar refractivity (Wildman–Crippen MR) is 95.7 cm³/mol. The molecular formula is C18H19BrN2O3. The molecule has 0 spiro atoms. The van der Waals surface area contributed by atoms with Crippen LogP contribution in [0.25, 0.3) is 0 Å². The van der Waals surface area contributed by atoms with E-state index < -0.39 is 5.91 Å². The number of halogens is 1. The molecule has 2 aromatic rings. The van der Waals surface area contributed by atoms with Crippen molar-refractivity contribution in [1.82, 2.24) is 10.9 Å². The van der Waals surface area contributed by atoms with E-state index in [-0.39, 0.29) is 18.4 Å². The number of hydrazine groups is 1. The van der Waals surface area contributed by atoms with E-state index in [1.807, 2.05) is 44.2 Å². The molecule has 0 atom stereocenters. The van der Waals surface area contributed by atoms with Gasteiger partial charge in [-0.15, -0.1) is 0 Å². The van der Waals surface area contributed by atoms with Crippen LogP contribution in [0.2, 0.25) is 0 Å². The molecule has 0 radical (unpaired) electrons. The second-order valence-electron chi connectivity index (χ2n) is 5.47. The number of rotatable bonds is 5. The fourth-order valence-corrected chi connectivity index (χ4v) is 2.42. The van der Waals surface area contributed by atoms with Crippen molar-refractivity contribution in [3.8, 4) is 5.75 Å². The summed E-state index contributed by atoms with van der Waals surface area (Å²) in [5.74, 6) is -0.271. The minimum absolute atomic E-state index is 0.0644. The first-order chi connectivity index (χ1) is 11.5. The van der Waals surface area contributed by atoms with Crippen LogP contribution in [0.5, 0.6) is 5.75 Å². The number of hydrogen-bond acceptors (Lipinski definition) is 3. The lowest BCUT2D eigenvalue weighted by Crippen LogP contribution is -2.42. The standard InChI is InChI=1S/C18H19BrN2O3/c1-12(2)24-16-9-8-14(19)11-15(16)18(23)21-20-17(22)10-13-6-4-3-5-7-13/h3-9,11-12H,10H2,1-2H3,(H,20,22)(H,21,23). The second-order valence-corrected chi connectivity index (χ2v) is 6.39. The Morgan fingerprint density at radius 1 is 1.08 bits per heavy atom. The van der Waals surface area contributed by atoms with Crippen LogP contribution in [0.1, 0.15) is 29.8 Å². The summed E-state index contributed by atoms with van der Waals surface area (Å²) in [6.45, 7) is 3.76. The van der Waals surface area contributed by atoms with Gasteiger partial charge in [0.25, 0.3) is 5.91 Å².